The molecule has 102 valence electrons. The van der Waals surface area contributed by atoms with Gasteiger partial charge in [-0.25, -0.2) is 4.98 Å². The molecule has 2 rings (SSSR count). The second-order valence-electron chi connectivity index (χ2n) is 5.58. The number of imidazole rings is 1. The molecule has 1 aromatic heterocycles. The highest BCUT2D eigenvalue weighted by molar-refractivity contribution is 5.81. The van der Waals surface area contributed by atoms with Crippen molar-refractivity contribution >= 4 is 11.5 Å². The second-order valence-corrected chi connectivity index (χ2v) is 5.58. The molecule has 0 saturated carbocycles. The number of H-pyrrole nitrogens is 1. The van der Waals surface area contributed by atoms with Gasteiger partial charge in [0.15, 0.2) is 5.82 Å². The van der Waals surface area contributed by atoms with Gasteiger partial charge >= 0.3 is 0 Å². The third-order valence-electron chi connectivity index (χ3n) is 3.46. The standard InChI is InChI=1S/C15H22N4/c1-5-15(3,4)19-14-13(17-9-18-14)11-7-6-10(2)8-12(11)16/h6-9,19H,5,16H2,1-4H3,(H,17,18). The molecule has 0 unspecified atom stereocenters. The average Bonchev–Trinajstić information content (AvgIpc) is 2.76. The van der Waals surface area contributed by atoms with E-state index in [1.807, 2.05) is 19.1 Å². The van der Waals surface area contributed by atoms with E-state index in [1.54, 1.807) is 6.33 Å². The molecule has 4 heteroatoms. The molecule has 0 aliphatic rings. The van der Waals surface area contributed by atoms with E-state index in [-0.39, 0.29) is 5.54 Å². The number of aryl methyl sites for hydroxylation is 1. The quantitative estimate of drug-likeness (QED) is 0.734. The van der Waals surface area contributed by atoms with Gasteiger partial charge in [-0.2, -0.15) is 0 Å². The zero-order valence-corrected chi connectivity index (χ0v) is 12.0. The Balaban J connectivity index is 2.39. The highest BCUT2D eigenvalue weighted by Gasteiger charge is 2.19. The van der Waals surface area contributed by atoms with Gasteiger partial charge in [0.05, 0.1) is 12.0 Å². The van der Waals surface area contributed by atoms with Crippen molar-refractivity contribution in [1.29, 1.82) is 0 Å². The average molecular weight is 258 g/mol. The number of hydrogen-bond acceptors (Lipinski definition) is 3. The lowest BCUT2D eigenvalue weighted by Gasteiger charge is -2.25. The van der Waals surface area contributed by atoms with Crippen LogP contribution in [-0.2, 0) is 0 Å². The monoisotopic (exact) mass is 258 g/mol. The number of nitrogens with zero attached hydrogens (tertiary/aromatic N) is 1. The van der Waals surface area contributed by atoms with Crippen LogP contribution in [0.3, 0.4) is 0 Å². The molecule has 1 heterocycles. The Kier molecular flexibility index (Phi) is 3.51. The number of rotatable bonds is 4. The van der Waals surface area contributed by atoms with Gasteiger partial charge in [0.25, 0.3) is 0 Å². The molecule has 0 saturated heterocycles. The fourth-order valence-electron chi connectivity index (χ4n) is 1.91. The molecule has 1 aromatic carbocycles. The molecule has 4 nitrogen and oxygen atoms in total. The van der Waals surface area contributed by atoms with Crippen molar-refractivity contribution in [2.45, 2.75) is 39.7 Å². The summed E-state index contributed by atoms with van der Waals surface area (Å²) in [6.45, 7) is 8.50. The van der Waals surface area contributed by atoms with E-state index >= 15 is 0 Å². The van der Waals surface area contributed by atoms with E-state index in [9.17, 15) is 0 Å². The van der Waals surface area contributed by atoms with Gasteiger partial charge in [-0.05, 0) is 38.8 Å². The molecule has 2 aromatic rings. The van der Waals surface area contributed by atoms with E-state index in [4.69, 9.17) is 5.73 Å². The summed E-state index contributed by atoms with van der Waals surface area (Å²) >= 11 is 0. The van der Waals surface area contributed by atoms with Crippen molar-refractivity contribution in [2.24, 2.45) is 0 Å². The molecule has 0 fully saturated rings. The van der Waals surface area contributed by atoms with Gasteiger partial charge in [-0.15, -0.1) is 0 Å². The topological polar surface area (TPSA) is 66.7 Å². The van der Waals surface area contributed by atoms with Crippen LogP contribution in [0.5, 0.6) is 0 Å². The molecule has 19 heavy (non-hydrogen) atoms. The zero-order valence-electron chi connectivity index (χ0n) is 12.0. The Bertz CT molecular complexity index is 569. The minimum Gasteiger partial charge on any atom is -0.398 e. The smallest absolute Gasteiger partial charge is 0.152 e. The van der Waals surface area contributed by atoms with Gasteiger partial charge in [-0.3, -0.25) is 0 Å². The Morgan fingerprint density at radius 1 is 1.37 bits per heavy atom. The highest BCUT2D eigenvalue weighted by Crippen LogP contribution is 2.31. The first kappa shape index (κ1) is 13.5. The Hall–Kier alpha value is -1.97. The Morgan fingerprint density at radius 2 is 2.11 bits per heavy atom. The van der Waals surface area contributed by atoms with Crippen LogP contribution in [0.1, 0.15) is 32.8 Å². The number of nitrogens with two attached hydrogens (primary N) is 1. The summed E-state index contributed by atoms with van der Waals surface area (Å²) in [4.78, 5) is 7.54. The lowest BCUT2D eigenvalue weighted by molar-refractivity contribution is 0.545. The largest absolute Gasteiger partial charge is 0.398 e. The van der Waals surface area contributed by atoms with Gasteiger partial charge in [0.2, 0.25) is 0 Å². The molecule has 0 amide bonds. The number of nitrogen functional groups attached to an aromatic ring is 1. The highest BCUT2D eigenvalue weighted by atomic mass is 15.1. The summed E-state index contributed by atoms with van der Waals surface area (Å²) in [5.41, 5.74) is 9.95. The molecule has 0 radical (unpaired) electrons. The maximum atomic E-state index is 6.10. The summed E-state index contributed by atoms with van der Waals surface area (Å²) in [5.74, 6) is 0.849. The number of aromatic amines is 1. The van der Waals surface area contributed by atoms with E-state index in [2.05, 4.69) is 42.1 Å². The number of nitrogens with one attached hydrogen (secondary N) is 2. The van der Waals surface area contributed by atoms with E-state index in [0.717, 1.165) is 34.7 Å². The van der Waals surface area contributed by atoms with Gasteiger partial charge in [-0.1, -0.05) is 19.1 Å². The van der Waals surface area contributed by atoms with E-state index < -0.39 is 0 Å². The minimum atomic E-state index is 0.00338. The maximum absolute atomic E-state index is 6.10. The van der Waals surface area contributed by atoms with Gasteiger partial charge in [0.1, 0.15) is 0 Å². The van der Waals surface area contributed by atoms with Crippen LogP contribution in [0.4, 0.5) is 11.5 Å². The minimum absolute atomic E-state index is 0.00338. The molecule has 4 N–H and O–H groups in total. The predicted molar refractivity (Wildman–Crippen MR) is 81.2 cm³/mol. The Morgan fingerprint density at radius 3 is 2.74 bits per heavy atom. The van der Waals surface area contributed by atoms with Crippen LogP contribution in [0.25, 0.3) is 11.3 Å². The number of benzene rings is 1. The molecule has 0 bridgehead atoms. The van der Waals surface area contributed by atoms with Crippen LogP contribution in [0.15, 0.2) is 24.5 Å². The molecular weight excluding hydrogens is 236 g/mol. The molecule has 0 spiro atoms. The summed E-state index contributed by atoms with van der Waals surface area (Å²) in [6, 6.07) is 6.06. The second kappa shape index (κ2) is 4.96. The zero-order chi connectivity index (χ0) is 14.0. The van der Waals surface area contributed by atoms with E-state index in [0.29, 0.717) is 0 Å². The fraction of sp³-hybridized carbons (Fsp3) is 0.400. The Labute approximate surface area is 114 Å². The van der Waals surface area contributed by atoms with Gasteiger partial charge in [0, 0.05) is 16.8 Å². The molecule has 0 atom stereocenters. The molecule has 0 aliphatic heterocycles. The van der Waals surface area contributed by atoms with Crippen molar-refractivity contribution in [3.05, 3.63) is 30.1 Å². The van der Waals surface area contributed by atoms with Crippen molar-refractivity contribution in [2.75, 3.05) is 11.1 Å². The van der Waals surface area contributed by atoms with Crippen LogP contribution >= 0.6 is 0 Å². The fourth-order valence-corrected chi connectivity index (χ4v) is 1.91. The van der Waals surface area contributed by atoms with Gasteiger partial charge < -0.3 is 16.0 Å². The normalized spacial score (nSPS) is 11.6. The first-order chi connectivity index (χ1) is 8.93. The van der Waals surface area contributed by atoms with Crippen molar-refractivity contribution in [3.63, 3.8) is 0 Å². The molecule has 0 aliphatic carbocycles. The first-order valence-corrected chi connectivity index (χ1v) is 6.61. The lowest BCUT2D eigenvalue weighted by Crippen LogP contribution is -2.30. The van der Waals surface area contributed by atoms with Crippen molar-refractivity contribution < 1.29 is 0 Å². The number of aromatic nitrogens is 2. The summed E-state index contributed by atoms with van der Waals surface area (Å²) in [5, 5.41) is 3.46. The van der Waals surface area contributed by atoms with Crippen LogP contribution in [0, 0.1) is 6.92 Å². The maximum Gasteiger partial charge on any atom is 0.152 e. The predicted octanol–water partition coefficient (Wildman–Crippen LogP) is 3.57. The van der Waals surface area contributed by atoms with Crippen molar-refractivity contribution in [3.8, 4) is 11.3 Å². The summed E-state index contributed by atoms with van der Waals surface area (Å²) in [6.07, 6.45) is 2.71. The number of hydrogen-bond donors (Lipinski definition) is 3. The lowest BCUT2D eigenvalue weighted by atomic mass is 10.0. The van der Waals surface area contributed by atoms with E-state index in [1.165, 1.54) is 0 Å². The first-order valence-electron chi connectivity index (χ1n) is 6.61. The van der Waals surface area contributed by atoms with Crippen molar-refractivity contribution in [1.82, 2.24) is 9.97 Å². The van der Waals surface area contributed by atoms with Crippen LogP contribution in [0.2, 0.25) is 0 Å². The summed E-state index contributed by atoms with van der Waals surface area (Å²) in [7, 11) is 0. The van der Waals surface area contributed by atoms with Crippen LogP contribution < -0.4 is 11.1 Å². The third kappa shape index (κ3) is 2.89. The summed E-state index contributed by atoms with van der Waals surface area (Å²) < 4.78 is 0. The van der Waals surface area contributed by atoms with Crippen LogP contribution in [-0.4, -0.2) is 15.5 Å². The SMILES string of the molecule is CCC(C)(C)Nc1nc[nH]c1-c1ccc(C)cc1N. The number of anilines is 2. The third-order valence-corrected chi connectivity index (χ3v) is 3.46. The molecular formula is C15H22N4.